The second-order valence-electron chi connectivity index (χ2n) is 6.67. The Balaban J connectivity index is 1.61. The number of halogens is 1. The Morgan fingerprint density at radius 1 is 1.33 bits per heavy atom. The van der Waals surface area contributed by atoms with E-state index in [0.29, 0.717) is 30.6 Å². The maximum atomic E-state index is 13.2. The highest BCUT2D eigenvalue weighted by Crippen LogP contribution is 2.25. The van der Waals surface area contributed by atoms with Crippen molar-refractivity contribution in [1.29, 1.82) is 0 Å². The van der Waals surface area contributed by atoms with Crippen LogP contribution in [0.15, 0.2) is 35.7 Å². The van der Waals surface area contributed by atoms with Crippen LogP contribution < -0.4 is 5.32 Å². The highest BCUT2D eigenvalue weighted by Gasteiger charge is 2.33. The first kappa shape index (κ1) is 19.5. The maximum absolute atomic E-state index is 13.2. The lowest BCUT2D eigenvalue weighted by molar-refractivity contribution is -0.120. The number of rotatable bonds is 5. The summed E-state index contributed by atoms with van der Waals surface area (Å²) in [5.74, 6) is -0.805. The van der Waals surface area contributed by atoms with Gasteiger partial charge < -0.3 is 9.88 Å². The van der Waals surface area contributed by atoms with E-state index < -0.39 is 10.0 Å². The fourth-order valence-corrected chi connectivity index (χ4v) is 4.54. The third kappa shape index (κ3) is 4.19. The van der Waals surface area contributed by atoms with Crippen molar-refractivity contribution < 1.29 is 17.6 Å². The van der Waals surface area contributed by atoms with Crippen molar-refractivity contribution in [3.63, 3.8) is 0 Å². The van der Waals surface area contributed by atoms with Crippen LogP contribution in [-0.2, 0) is 21.4 Å². The van der Waals surface area contributed by atoms with E-state index in [4.69, 9.17) is 0 Å². The molecule has 0 bridgehead atoms. The molecule has 2 heterocycles. The normalized spacial score (nSPS) is 16.4. The van der Waals surface area contributed by atoms with Gasteiger partial charge in [-0.2, -0.15) is 4.31 Å². The van der Waals surface area contributed by atoms with E-state index in [1.807, 2.05) is 6.92 Å². The van der Waals surface area contributed by atoms with Gasteiger partial charge in [-0.05, 0) is 50.5 Å². The number of anilines is 1. The largest absolute Gasteiger partial charge is 0.336 e. The lowest BCUT2D eigenvalue weighted by Crippen LogP contribution is -2.41. The number of piperidine rings is 1. The molecule has 7 nitrogen and oxygen atoms in total. The van der Waals surface area contributed by atoms with Crippen molar-refractivity contribution in [3.05, 3.63) is 42.1 Å². The number of imidazole rings is 1. The summed E-state index contributed by atoms with van der Waals surface area (Å²) in [5.41, 5.74) is 1.22. The first-order chi connectivity index (χ1) is 12.8. The highest BCUT2D eigenvalue weighted by atomic mass is 32.2. The van der Waals surface area contributed by atoms with E-state index in [2.05, 4.69) is 10.3 Å². The summed E-state index contributed by atoms with van der Waals surface area (Å²) in [6, 6.07) is 4.19. The van der Waals surface area contributed by atoms with Gasteiger partial charge in [0.15, 0.2) is 5.03 Å². The number of nitrogens with one attached hydrogen (secondary N) is 1. The monoisotopic (exact) mass is 394 g/mol. The van der Waals surface area contributed by atoms with Gasteiger partial charge >= 0.3 is 0 Å². The number of sulfonamides is 1. The molecule has 1 fully saturated rings. The summed E-state index contributed by atoms with van der Waals surface area (Å²) >= 11 is 0. The minimum Gasteiger partial charge on any atom is -0.336 e. The molecular formula is C18H23FN4O3S. The Morgan fingerprint density at radius 3 is 2.63 bits per heavy atom. The molecule has 1 aromatic carbocycles. The molecule has 1 aliphatic heterocycles. The number of nitrogens with zero attached hydrogens (tertiary/aromatic N) is 3. The van der Waals surface area contributed by atoms with Gasteiger partial charge in [-0.3, -0.25) is 4.79 Å². The van der Waals surface area contributed by atoms with Crippen LogP contribution in [-0.4, -0.2) is 41.3 Å². The van der Waals surface area contributed by atoms with Crippen molar-refractivity contribution in [1.82, 2.24) is 13.9 Å². The molecule has 1 N–H and O–H groups in total. The molecule has 1 amide bonds. The van der Waals surface area contributed by atoms with Crippen molar-refractivity contribution in [2.24, 2.45) is 5.92 Å². The fraction of sp³-hybridized carbons (Fsp3) is 0.444. The number of carbonyl (C=O) groups excluding carboxylic acids is 1. The number of aromatic nitrogens is 2. The Kier molecular flexibility index (Phi) is 5.61. The number of aryl methyl sites for hydroxylation is 2. The lowest BCUT2D eigenvalue weighted by Gasteiger charge is -2.30. The van der Waals surface area contributed by atoms with Gasteiger partial charge in [-0.25, -0.2) is 17.8 Å². The molecule has 0 saturated carbocycles. The molecule has 0 unspecified atom stereocenters. The van der Waals surface area contributed by atoms with E-state index in [1.165, 1.54) is 35.0 Å². The average Bonchev–Trinajstić information content (AvgIpc) is 3.14. The minimum atomic E-state index is -3.64. The molecule has 9 heteroatoms. The second-order valence-corrected chi connectivity index (χ2v) is 8.55. The smallest absolute Gasteiger partial charge is 0.262 e. The van der Waals surface area contributed by atoms with E-state index in [-0.39, 0.29) is 35.8 Å². The van der Waals surface area contributed by atoms with Gasteiger partial charge in [0, 0.05) is 37.4 Å². The molecule has 0 aliphatic carbocycles. The van der Waals surface area contributed by atoms with Crippen molar-refractivity contribution >= 4 is 21.6 Å². The zero-order valence-electron chi connectivity index (χ0n) is 15.4. The Morgan fingerprint density at radius 2 is 2.04 bits per heavy atom. The molecule has 1 saturated heterocycles. The van der Waals surface area contributed by atoms with Crippen LogP contribution in [0.1, 0.15) is 25.3 Å². The lowest BCUT2D eigenvalue weighted by atomic mass is 9.97. The van der Waals surface area contributed by atoms with Gasteiger partial charge in [-0.1, -0.05) is 0 Å². The quantitative estimate of drug-likeness (QED) is 0.844. The molecule has 0 spiro atoms. The Bertz CT molecular complexity index is 934. The highest BCUT2D eigenvalue weighted by molar-refractivity contribution is 7.89. The maximum Gasteiger partial charge on any atom is 0.262 e. The van der Waals surface area contributed by atoms with Crippen molar-refractivity contribution in [2.45, 2.75) is 38.3 Å². The molecular weight excluding hydrogens is 371 g/mol. The average molecular weight is 394 g/mol. The molecule has 0 atom stereocenters. The molecule has 27 heavy (non-hydrogen) atoms. The van der Waals surface area contributed by atoms with Crippen molar-refractivity contribution in [3.8, 4) is 0 Å². The Hall–Kier alpha value is -2.26. The van der Waals surface area contributed by atoms with E-state index in [9.17, 15) is 17.6 Å². The van der Waals surface area contributed by atoms with Gasteiger partial charge in [0.2, 0.25) is 5.91 Å². The summed E-state index contributed by atoms with van der Waals surface area (Å²) in [5, 5.41) is 2.85. The summed E-state index contributed by atoms with van der Waals surface area (Å²) in [7, 11) is -3.64. The van der Waals surface area contributed by atoms with Gasteiger partial charge in [0.25, 0.3) is 10.0 Å². The topological polar surface area (TPSA) is 84.3 Å². The zero-order valence-corrected chi connectivity index (χ0v) is 16.2. The first-order valence-corrected chi connectivity index (χ1v) is 10.3. The third-order valence-corrected chi connectivity index (χ3v) is 6.63. The van der Waals surface area contributed by atoms with Gasteiger partial charge in [0.1, 0.15) is 5.82 Å². The fourth-order valence-electron chi connectivity index (χ4n) is 3.14. The third-order valence-electron chi connectivity index (χ3n) is 4.85. The van der Waals surface area contributed by atoms with Crippen LogP contribution in [0.25, 0.3) is 0 Å². The van der Waals surface area contributed by atoms with Crippen LogP contribution in [0.3, 0.4) is 0 Å². The predicted molar refractivity (Wildman–Crippen MR) is 99.2 cm³/mol. The summed E-state index contributed by atoms with van der Waals surface area (Å²) in [6.45, 7) is 4.81. The molecule has 0 radical (unpaired) electrons. The van der Waals surface area contributed by atoms with E-state index >= 15 is 0 Å². The van der Waals surface area contributed by atoms with Crippen LogP contribution >= 0.6 is 0 Å². The number of hydrogen-bond donors (Lipinski definition) is 1. The van der Waals surface area contributed by atoms with Gasteiger partial charge in [0.05, 0.1) is 6.33 Å². The summed E-state index contributed by atoms with van der Waals surface area (Å²) in [6.07, 6.45) is 3.88. The molecule has 1 aromatic heterocycles. The number of amides is 1. The summed E-state index contributed by atoms with van der Waals surface area (Å²) < 4.78 is 41.6. The van der Waals surface area contributed by atoms with Crippen LogP contribution in [0.2, 0.25) is 0 Å². The standard InChI is InChI=1S/C18H23FN4O3S/c1-3-22-11-17(20-12-22)27(25,26)23-8-6-14(7-9-23)18(24)21-16-5-4-15(19)10-13(16)2/h4-5,10-12,14H,3,6-9H2,1-2H3,(H,21,24). The number of benzene rings is 1. The van der Waals surface area contributed by atoms with Crippen LogP contribution in [0, 0.1) is 18.7 Å². The van der Waals surface area contributed by atoms with E-state index in [0.717, 1.165) is 0 Å². The van der Waals surface area contributed by atoms with Crippen molar-refractivity contribution in [2.75, 3.05) is 18.4 Å². The number of hydrogen-bond acceptors (Lipinski definition) is 4. The first-order valence-electron chi connectivity index (χ1n) is 8.90. The van der Waals surface area contributed by atoms with Crippen LogP contribution in [0.5, 0.6) is 0 Å². The zero-order chi connectivity index (χ0) is 19.6. The molecule has 2 aromatic rings. The van der Waals surface area contributed by atoms with Gasteiger partial charge in [-0.15, -0.1) is 0 Å². The molecule has 146 valence electrons. The number of carbonyl (C=O) groups is 1. The Labute approximate surface area is 158 Å². The second kappa shape index (κ2) is 7.77. The predicted octanol–water partition coefficient (Wildman–Crippen LogP) is 2.39. The summed E-state index contributed by atoms with van der Waals surface area (Å²) in [4.78, 5) is 16.5. The SMILES string of the molecule is CCn1cnc(S(=O)(=O)N2CCC(C(=O)Nc3ccc(F)cc3C)CC2)c1. The molecule has 1 aliphatic rings. The van der Waals surface area contributed by atoms with E-state index in [1.54, 1.807) is 11.5 Å². The van der Waals surface area contributed by atoms with Crippen LogP contribution in [0.4, 0.5) is 10.1 Å². The minimum absolute atomic E-state index is 0.0363. The molecule has 3 rings (SSSR count).